The fourth-order valence-electron chi connectivity index (χ4n) is 2.73. The van der Waals surface area contributed by atoms with Crippen molar-refractivity contribution in [3.63, 3.8) is 0 Å². The van der Waals surface area contributed by atoms with E-state index in [0.717, 1.165) is 6.54 Å². The summed E-state index contributed by atoms with van der Waals surface area (Å²) < 4.78 is 0. The topological polar surface area (TPSA) is 6.48 Å². The molecule has 0 radical (unpaired) electrons. The summed E-state index contributed by atoms with van der Waals surface area (Å²) in [4.78, 5) is 5.90. The number of hydrogen-bond acceptors (Lipinski definition) is 2. The molecule has 13 heavy (non-hydrogen) atoms. The number of piperidine rings is 1. The van der Waals surface area contributed by atoms with Crippen LogP contribution in [-0.2, 0) is 0 Å². The largest absolute Gasteiger partial charge is 0.369 e. The van der Waals surface area contributed by atoms with Crippen molar-refractivity contribution in [2.75, 3.05) is 33.7 Å². The zero-order valence-electron chi connectivity index (χ0n) is 8.55. The molecule has 0 amide bonds. The second-order valence-electron chi connectivity index (χ2n) is 4.60. The zero-order chi connectivity index (χ0) is 9.47. The lowest BCUT2D eigenvalue weighted by Gasteiger charge is -2.40. The predicted octanol–water partition coefficient (Wildman–Crippen LogP) is 1.36. The molecule has 0 bridgehead atoms. The van der Waals surface area contributed by atoms with Crippen molar-refractivity contribution in [2.45, 2.75) is 19.3 Å². The van der Waals surface area contributed by atoms with E-state index in [2.05, 4.69) is 23.9 Å². The van der Waals surface area contributed by atoms with Crippen LogP contribution >= 0.6 is 12.2 Å². The van der Waals surface area contributed by atoms with Crippen LogP contribution in [0.15, 0.2) is 0 Å². The van der Waals surface area contributed by atoms with Gasteiger partial charge in [0, 0.05) is 25.6 Å². The van der Waals surface area contributed by atoms with Gasteiger partial charge in [-0.2, -0.15) is 0 Å². The van der Waals surface area contributed by atoms with Crippen LogP contribution in [0, 0.1) is 5.41 Å². The van der Waals surface area contributed by atoms with Gasteiger partial charge in [0.1, 0.15) is 0 Å². The molecule has 3 heteroatoms. The number of likely N-dealkylation sites (tertiary alicyclic amines) is 2. The molecule has 2 nitrogen and oxygen atoms in total. The van der Waals surface area contributed by atoms with E-state index in [1.807, 2.05) is 0 Å². The summed E-state index contributed by atoms with van der Waals surface area (Å²) in [5, 5.41) is 0. The quantitative estimate of drug-likeness (QED) is 0.543. The summed E-state index contributed by atoms with van der Waals surface area (Å²) in [6.07, 6.45) is 3.89. The monoisotopic (exact) mass is 198 g/mol. The minimum absolute atomic E-state index is 0.358. The summed E-state index contributed by atoms with van der Waals surface area (Å²) >= 11 is 5.55. The van der Waals surface area contributed by atoms with Crippen molar-refractivity contribution < 1.29 is 0 Å². The second kappa shape index (κ2) is 3.21. The van der Waals surface area contributed by atoms with Crippen LogP contribution in [0.25, 0.3) is 0 Å². The maximum atomic E-state index is 5.55. The Bertz CT molecular complexity index is 225. The lowest BCUT2D eigenvalue weighted by atomic mass is 9.79. The molecule has 2 rings (SSSR count). The molecular weight excluding hydrogens is 180 g/mol. The van der Waals surface area contributed by atoms with Crippen molar-refractivity contribution in [1.82, 2.24) is 9.80 Å². The maximum absolute atomic E-state index is 5.55. The highest BCUT2D eigenvalue weighted by atomic mass is 32.1. The van der Waals surface area contributed by atoms with Gasteiger partial charge in [0.25, 0.3) is 0 Å². The Balaban J connectivity index is 2.16. The van der Waals surface area contributed by atoms with Gasteiger partial charge in [-0.1, -0.05) is 12.2 Å². The molecule has 1 atom stereocenters. The highest BCUT2D eigenvalue weighted by Gasteiger charge is 2.43. The van der Waals surface area contributed by atoms with E-state index < -0.39 is 0 Å². The molecule has 2 saturated heterocycles. The van der Waals surface area contributed by atoms with Gasteiger partial charge < -0.3 is 9.80 Å². The molecule has 0 aromatic carbocycles. The van der Waals surface area contributed by atoms with Crippen molar-refractivity contribution in [1.29, 1.82) is 0 Å². The summed E-state index contributed by atoms with van der Waals surface area (Å²) in [7, 11) is 4.34. The minimum atomic E-state index is 0.358. The number of rotatable bonds is 0. The first kappa shape index (κ1) is 9.41. The first-order valence-electron chi connectivity index (χ1n) is 5.08. The molecule has 74 valence electrons. The Hall–Kier alpha value is -0.150. The molecule has 1 unspecified atom stereocenters. The van der Waals surface area contributed by atoms with E-state index in [4.69, 9.17) is 12.2 Å². The Morgan fingerprint density at radius 2 is 2.00 bits per heavy atom. The zero-order valence-corrected chi connectivity index (χ0v) is 9.36. The summed E-state index contributed by atoms with van der Waals surface area (Å²) in [5.41, 5.74) is 0.358. The van der Waals surface area contributed by atoms with E-state index in [1.165, 1.54) is 37.3 Å². The van der Waals surface area contributed by atoms with Gasteiger partial charge in [0.15, 0.2) is 0 Å². The fourth-order valence-corrected chi connectivity index (χ4v) is 3.09. The van der Waals surface area contributed by atoms with Crippen molar-refractivity contribution in [2.24, 2.45) is 5.41 Å². The third-order valence-electron chi connectivity index (χ3n) is 3.49. The Labute approximate surface area is 85.9 Å². The molecular formula is C10H18N2S. The molecule has 2 aliphatic heterocycles. The van der Waals surface area contributed by atoms with Crippen LogP contribution in [0.5, 0.6) is 0 Å². The standard InChI is InChI=1S/C10H18N2S/c1-11-7-5-10(8-11)4-3-6-12(2)9(10)13/h3-8H2,1-2H3. The van der Waals surface area contributed by atoms with Crippen LogP contribution in [0.3, 0.4) is 0 Å². The van der Waals surface area contributed by atoms with E-state index in [0.29, 0.717) is 5.41 Å². The van der Waals surface area contributed by atoms with Gasteiger partial charge in [-0.3, -0.25) is 0 Å². The molecule has 2 aliphatic rings. The molecule has 1 spiro atoms. The first-order valence-corrected chi connectivity index (χ1v) is 5.49. The lowest BCUT2D eigenvalue weighted by molar-refractivity contribution is 0.273. The molecule has 0 aliphatic carbocycles. The Morgan fingerprint density at radius 3 is 2.62 bits per heavy atom. The van der Waals surface area contributed by atoms with Gasteiger partial charge in [-0.15, -0.1) is 0 Å². The maximum Gasteiger partial charge on any atom is 0.0852 e. The van der Waals surface area contributed by atoms with Gasteiger partial charge in [-0.25, -0.2) is 0 Å². The van der Waals surface area contributed by atoms with Crippen LogP contribution < -0.4 is 0 Å². The summed E-state index contributed by atoms with van der Waals surface area (Å²) in [5.74, 6) is 0. The van der Waals surface area contributed by atoms with E-state index in [1.54, 1.807) is 0 Å². The molecule has 2 fully saturated rings. The molecule has 2 heterocycles. The number of nitrogens with zero attached hydrogens (tertiary/aromatic N) is 2. The van der Waals surface area contributed by atoms with Crippen LogP contribution in [0.2, 0.25) is 0 Å². The normalized spacial score (nSPS) is 36.2. The third-order valence-corrected chi connectivity index (χ3v) is 4.24. The van der Waals surface area contributed by atoms with Crippen molar-refractivity contribution >= 4 is 17.2 Å². The number of hydrogen-bond donors (Lipinski definition) is 0. The van der Waals surface area contributed by atoms with Gasteiger partial charge in [0.05, 0.1) is 4.99 Å². The molecule has 0 N–H and O–H groups in total. The Kier molecular flexibility index (Phi) is 2.32. The third kappa shape index (κ3) is 1.48. The van der Waals surface area contributed by atoms with Crippen LogP contribution in [-0.4, -0.2) is 48.5 Å². The fraction of sp³-hybridized carbons (Fsp3) is 0.900. The molecule has 0 aromatic heterocycles. The van der Waals surface area contributed by atoms with Gasteiger partial charge >= 0.3 is 0 Å². The lowest BCUT2D eigenvalue weighted by Crippen LogP contribution is -2.46. The Morgan fingerprint density at radius 1 is 1.23 bits per heavy atom. The average Bonchev–Trinajstić information content (AvgIpc) is 2.45. The van der Waals surface area contributed by atoms with Crippen molar-refractivity contribution in [3.05, 3.63) is 0 Å². The summed E-state index contributed by atoms with van der Waals surface area (Å²) in [6, 6.07) is 0. The van der Waals surface area contributed by atoms with E-state index >= 15 is 0 Å². The van der Waals surface area contributed by atoms with Crippen LogP contribution in [0.4, 0.5) is 0 Å². The molecule has 0 saturated carbocycles. The molecule has 0 aromatic rings. The minimum Gasteiger partial charge on any atom is -0.369 e. The first-order chi connectivity index (χ1) is 6.14. The SMILES string of the molecule is CN1CCC2(CCCN(C)C2=S)C1. The smallest absolute Gasteiger partial charge is 0.0852 e. The second-order valence-corrected chi connectivity index (χ2v) is 4.99. The summed E-state index contributed by atoms with van der Waals surface area (Å²) in [6.45, 7) is 3.55. The average molecular weight is 198 g/mol. The highest BCUT2D eigenvalue weighted by Crippen LogP contribution is 2.39. The van der Waals surface area contributed by atoms with E-state index in [-0.39, 0.29) is 0 Å². The predicted molar refractivity (Wildman–Crippen MR) is 59.0 cm³/mol. The van der Waals surface area contributed by atoms with Gasteiger partial charge in [-0.05, 0) is 32.9 Å². The van der Waals surface area contributed by atoms with E-state index in [9.17, 15) is 0 Å². The van der Waals surface area contributed by atoms with Crippen molar-refractivity contribution in [3.8, 4) is 0 Å². The van der Waals surface area contributed by atoms with Crippen LogP contribution in [0.1, 0.15) is 19.3 Å². The number of thiocarbonyl (C=S) groups is 1. The highest BCUT2D eigenvalue weighted by molar-refractivity contribution is 7.80. The van der Waals surface area contributed by atoms with Gasteiger partial charge in [0.2, 0.25) is 0 Å².